The maximum Gasteiger partial charge on any atom is 0.326 e. The molecule has 0 spiro atoms. The predicted octanol–water partition coefficient (Wildman–Crippen LogP) is -0.397. The summed E-state index contributed by atoms with van der Waals surface area (Å²) in [5.74, 6) is -1.25. The van der Waals surface area contributed by atoms with Gasteiger partial charge in [-0.25, -0.2) is 9.78 Å². The Labute approximate surface area is 105 Å². The summed E-state index contributed by atoms with van der Waals surface area (Å²) in [4.78, 5) is 30.8. The number of aromatic amines is 1. The van der Waals surface area contributed by atoms with Crippen LogP contribution in [0.2, 0.25) is 0 Å². The van der Waals surface area contributed by atoms with E-state index >= 15 is 0 Å². The third kappa shape index (κ3) is 3.85. The molecule has 0 unspecified atom stereocenters. The minimum atomic E-state index is -1.03. The van der Waals surface area contributed by atoms with Crippen LogP contribution in [0, 0.1) is 0 Å². The second kappa shape index (κ2) is 6.75. The van der Waals surface area contributed by atoms with Gasteiger partial charge in [0, 0.05) is 31.8 Å². The number of H-pyrrole nitrogens is 1. The lowest BCUT2D eigenvalue weighted by molar-refractivity contribution is -0.149. The molecule has 0 bridgehead atoms. The molecule has 1 heterocycles. The Hall–Kier alpha value is -1.89. The smallest absolute Gasteiger partial charge is 0.326 e. The van der Waals surface area contributed by atoms with Gasteiger partial charge in [0.25, 0.3) is 0 Å². The minimum absolute atomic E-state index is 0.209. The van der Waals surface area contributed by atoms with Crippen molar-refractivity contribution >= 4 is 11.9 Å². The normalized spacial score (nSPS) is 12.1. The topological polar surface area (TPSA) is 112 Å². The van der Waals surface area contributed by atoms with E-state index in [0.717, 1.165) is 0 Å². The Morgan fingerprint density at radius 3 is 2.83 bits per heavy atom. The molecule has 0 saturated carbocycles. The Morgan fingerprint density at radius 1 is 1.61 bits per heavy atom. The van der Waals surface area contributed by atoms with E-state index in [4.69, 9.17) is 10.8 Å². The molecule has 1 aromatic heterocycles. The number of aromatic nitrogens is 2. The van der Waals surface area contributed by atoms with Gasteiger partial charge in [-0.05, 0) is 13.0 Å². The molecule has 4 N–H and O–H groups in total. The fourth-order valence-electron chi connectivity index (χ4n) is 1.60. The van der Waals surface area contributed by atoms with Crippen LogP contribution in [-0.2, 0) is 16.0 Å². The molecule has 1 atom stereocenters. The lowest BCUT2D eigenvalue weighted by Crippen LogP contribution is -2.44. The van der Waals surface area contributed by atoms with Crippen molar-refractivity contribution in [2.75, 3.05) is 13.6 Å². The van der Waals surface area contributed by atoms with Crippen LogP contribution in [0.25, 0.3) is 0 Å². The second-order valence-corrected chi connectivity index (χ2v) is 4.03. The van der Waals surface area contributed by atoms with Crippen molar-refractivity contribution in [1.29, 1.82) is 0 Å². The van der Waals surface area contributed by atoms with Crippen molar-refractivity contribution in [3.8, 4) is 0 Å². The number of rotatable bonds is 7. The summed E-state index contributed by atoms with van der Waals surface area (Å²) < 4.78 is 0. The molecule has 0 saturated heterocycles. The van der Waals surface area contributed by atoms with E-state index in [0.29, 0.717) is 18.7 Å². The lowest BCUT2D eigenvalue weighted by Gasteiger charge is -2.24. The Balaban J connectivity index is 2.66. The number of imidazole rings is 1. The highest BCUT2D eigenvalue weighted by atomic mass is 16.4. The number of carboxylic acid groups (broad SMARTS) is 1. The molecule has 1 amide bonds. The first-order chi connectivity index (χ1) is 8.56. The maximum atomic E-state index is 11.8. The van der Waals surface area contributed by atoms with Crippen molar-refractivity contribution in [2.24, 2.45) is 5.73 Å². The van der Waals surface area contributed by atoms with Gasteiger partial charge in [-0.3, -0.25) is 4.79 Å². The van der Waals surface area contributed by atoms with Crippen LogP contribution in [0.3, 0.4) is 0 Å². The van der Waals surface area contributed by atoms with Gasteiger partial charge in [-0.15, -0.1) is 0 Å². The van der Waals surface area contributed by atoms with Crippen molar-refractivity contribution in [3.63, 3.8) is 0 Å². The predicted molar refractivity (Wildman–Crippen MR) is 64.8 cm³/mol. The summed E-state index contributed by atoms with van der Waals surface area (Å²) in [6, 6.07) is -0.893. The first-order valence-electron chi connectivity index (χ1n) is 5.72. The molecule has 1 rings (SSSR count). The van der Waals surface area contributed by atoms with E-state index in [1.54, 1.807) is 6.20 Å². The third-order valence-corrected chi connectivity index (χ3v) is 2.71. The van der Waals surface area contributed by atoms with E-state index in [-0.39, 0.29) is 18.7 Å². The highest BCUT2D eigenvalue weighted by molar-refractivity contribution is 5.83. The number of aliphatic carboxylic acids is 1. The van der Waals surface area contributed by atoms with Gasteiger partial charge in [0.2, 0.25) is 5.91 Å². The number of carboxylic acids is 1. The third-order valence-electron chi connectivity index (χ3n) is 2.71. The van der Waals surface area contributed by atoms with Crippen LogP contribution < -0.4 is 5.73 Å². The van der Waals surface area contributed by atoms with E-state index in [1.165, 1.54) is 18.3 Å². The summed E-state index contributed by atoms with van der Waals surface area (Å²) in [6.45, 7) is 0.415. The van der Waals surface area contributed by atoms with Crippen molar-refractivity contribution in [1.82, 2.24) is 14.9 Å². The molecule has 18 heavy (non-hydrogen) atoms. The summed E-state index contributed by atoms with van der Waals surface area (Å²) in [7, 11) is 1.49. The summed E-state index contributed by atoms with van der Waals surface area (Å²) in [5.41, 5.74) is 6.00. The van der Waals surface area contributed by atoms with Crippen LogP contribution in [0.15, 0.2) is 12.5 Å². The molecule has 0 aliphatic rings. The standard InChI is InChI=1S/C11H18N4O3/c1-15(10(16)3-2-4-12)9(11(17)18)5-8-6-13-7-14-8/h6-7,9H,2-5,12H2,1H3,(H,13,14)(H,17,18)/t9-/m1/s1. The second-order valence-electron chi connectivity index (χ2n) is 4.03. The van der Waals surface area contributed by atoms with Gasteiger partial charge in [0.05, 0.1) is 6.33 Å². The van der Waals surface area contributed by atoms with E-state index < -0.39 is 12.0 Å². The van der Waals surface area contributed by atoms with Crippen LogP contribution >= 0.6 is 0 Å². The summed E-state index contributed by atoms with van der Waals surface area (Å²) >= 11 is 0. The van der Waals surface area contributed by atoms with Crippen LogP contribution in [0.1, 0.15) is 18.5 Å². The molecule has 0 fully saturated rings. The molecule has 7 nitrogen and oxygen atoms in total. The van der Waals surface area contributed by atoms with Gasteiger partial charge >= 0.3 is 5.97 Å². The molecule has 100 valence electrons. The fraction of sp³-hybridized carbons (Fsp3) is 0.545. The highest BCUT2D eigenvalue weighted by Gasteiger charge is 2.26. The average molecular weight is 254 g/mol. The number of nitrogens with one attached hydrogen (secondary N) is 1. The number of hydrogen-bond donors (Lipinski definition) is 3. The monoisotopic (exact) mass is 254 g/mol. The zero-order valence-electron chi connectivity index (χ0n) is 10.3. The van der Waals surface area contributed by atoms with Gasteiger partial charge in [0.15, 0.2) is 0 Å². The average Bonchev–Trinajstić information content (AvgIpc) is 2.84. The van der Waals surface area contributed by atoms with Gasteiger partial charge in [-0.2, -0.15) is 0 Å². The molecule has 7 heteroatoms. The molecule has 1 aromatic rings. The lowest BCUT2D eigenvalue weighted by atomic mass is 10.1. The first-order valence-corrected chi connectivity index (χ1v) is 5.72. The molecular formula is C11H18N4O3. The van der Waals surface area contributed by atoms with E-state index in [1.807, 2.05) is 0 Å². The van der Waals surface area contributed by atoms with E-state index in [2.05, 4.69) is 9.97 Å². The van der Waals surface area contributed by atoms with E-state index in [9.17, 15) is 9.59 Å². The van der Waals surface area contributed by atoms with Gasteiger partial charge in [-0.1, -0.05) is 0 Å². The summed E-state index contributed by atoms with van der Waals surface area (Å²) in [6.07, 6.45) is 4.05. The Kier molecular flexibility index (Phi) is 5.31. The molecule has 0 aliphatic heterocycles. The quantitative estimate of drug-likeness (QED) is 0.613. The van der Waals surface area contributed by atoms with Gasteiger partial charge < -0.3 is 20.7 Å². The summed E-state index contributed by atoms with van der Waals surface area (Å²) in [5, 5.41) is 9.16. The molecule has 0 aromatic carbocycles. The molecule has 0 radical (unpaired) electrons. The molecule has 0 aliphatic carbocycles. The highest BCUT2D eigenvalue weighted by Crippen LogP contribution is 2.08. The largest absolute Gasteiger partial charge is 0.480 e. The SMILES string of the molecule is CN(C(=O)CCCN)[C@H](Cc1cnc[nH]1)C(=O)O. The van der Waals surface area contributed by atoms with Crippen molar-refractivity contribution in [2.45, 2.75) is 25.3 Å². The first kappa shape index (κ1) is 14.2. The number of carbonyl (C=O) groups is 2. The number of nitrogens with zero attached hydrogens (tertiary/aromatic N) is 2. The minimum Gasteiger partial charge on any atom is -0.480 e. The number of nitrogens with two attached hydrogens (primary N) is 1. The number of hydrogen-bond acceptors (Lipinski definition) is 4. The van der Waals surface area contributed by atoms with Crippen molar-refractivity contribution < 1.29 is 14.7 Å². The number of carbonyl (C=O) groups excluding carboxylic acids is 1. The van der Waals surface area contributed by atoms with Crippen LogP contribution in [0.4, 0.5) is 0 Å². The van der Waals surface area contributed by atoms with Gasteiger partial charge in [0.1, 0.15) is 6.04 Å². The van der Waals surface area contributed by atoms with Crippen molar-refractivity contribution in [3.05, 3.63) is 18.2 Å². The Bertz CT molecular complexity index is 391. The van der Waals surface area contributed by atoms with Crippen LogP contribution in [-0.4, -0.2) is 51.5 Å². The number of likely N-dealkylation sites (N-methyl/N-ethyl adjacent to an activating group) is 1. The zero-order chi connectivity index (χ0) is 13.5. The molecular weight excluding hydrogens is 236 g/mol. The zero-order valence-corrected chi connectivity index (χ0v) is 10.3. The Morgan fingerprint density at radius 2 is 2.33 bits per heavy atom. The fourth-order valence-corrected chi connectivity index (χ4v) is 1.60. The van der Waals surface area contributed by atoms with Crippen LogP contribution in [0.5, 0.6) is 0 Å². The number of amides is 1. The maximum absolute atomic E-state index is 11.8.